The second-order valence-corrected chi connectivity index (χ2v) is 16.8. The van der Waals surface area contributed by atoms with Crippen LogP contribution < -0.4 is 17.0 Å². The number of nitrogens with zero attached hydrogens (tertiary/aromatic N) is 4. The fraction of sp³-hybridized carbons (Fsp3) is 0.708. The van der Waals surface area contributed by atoms with E-state index in [1.165, 1.54) is 4.90 Å². The van der Waals surface area contributed by atoms with Crippen LogP contribution in [0.1, 0.15) is 52.0 Å². The van der Waals surface area contributed by atoms with Gasteiger partial charge in [-0.2, -0.15) is 0 Å². The molecule has 1 aromatic rings. The number of hydrogen-bond donors (Lipinski definition) is 3. The SMILES string of the molecule is CCCCn1c(=O)c(C(=N)N)c(O)n(CCCCN2C(=O)N(COCC[Si](C)(C)C)C(=O)C2(C)C)c1=O. The van der Waals surface area contributed by atoms with Crippen molar-refractivity contribution in [3.8, 4) is 5.88 Å². The molecule has 2 heterocycles. The Morgan fingerprint density at radius 2 is 1.62 bits per heavy atom. The van der Waals surface area contributed by atoms with Crippen molar-refractivity contribution in [1.82, 2.24) is 18.9 Å². The lowest BCUT2D eigenvalue weighted by atomic mass is 10.0. The first-order chi connectivity index (χ1) is 17.1. The summed E-state index contributed by atoms with van der Waals surface area (Å²) in [5.74, 6) is -1.57. The first-order valence-electron chi connectivity index (χ1n) is 12.8. The van der Waals surface area contributed by atoms with Gasteiger partial charge in [0, 0.05) is 34.3 Å². The Bertz CT molecular complexity index is 1140. The summed E-state index contributed by atoms with van der Waals surface area (Å²) >= 11 is 0. The molecule has 208 valence electrons. The summed E-state index contributed by atoms with van der Waals surface area (Å²) in [4.78, 5) is 54.0. The second kappa shape index (κ2) is 12.1. The smallest absolute Gasteiger partial charge is 0.333 e. The first kappa shape index (κ1) is 30.3. The van der Waals surface area contributed by atoms with Crippen LogP contribution in [0.2, 0.25) is 25.7 Å². The molecule has 2 rings (SSSR count). The molecule has 1 aliphatic rings. The third-order valence-electron chi connectivity index (χ3n) is 6.54. The number of imide groups is 1. The van der Waals surface area contributed by atoms with Gasteiger partial charge in [0.05, 0.1) is 0 Å². The van der Waals surface area contributed by atoms with E-state index in [1.54, 1.807) is 13.8 Å². The van der Waals surface area contributed by atoms with Crippen molar-refractivity contribution < 1.29 is 19.4 Å². The molecular weight excluding hydrogens is 496 g/mol. The molecule has 1 fully saturated rings. The van der Waals surface area contributed by atoms with E-state index in [2.05, 4.69) is 19.6 Å². The highest BCUT2D eigenvalue weighted by Gasteiger charge is 2.50. The monoisotopic (exact) mass is 538 g/mol. The van der Waals surface area contributed by atoms with E-state index in [1.807, 2.05) is 6.92 Å². The number of nitrogens with two attached hydrogens (primary N) is 1. The topological polar surface area (TPSA) is 164 Å². The molecule has 0 atom stereocenters. The van der Waals surface area contributed by atoms with Crippen LogP contribution in [0.5, 0.6) is 5.88 Å². The van der Waals surface area contributed by atoms with Gasteiger partial charge in [-0.05, 0) is 39.2 Å². The third kappa shape index (κ3) is 6.89. The lowest BCUT2D eigenvalue weighted by molar-refractivity contribution is -0.135. The summed E-state index contributed by atoms with van der Waals surface area (Å²) in [5, 5.41) is 18.2. The normalized spacial score (nSPS) is 15.6. The quantitative estimate of drug-likeness (QED) is 0.107. The molecule has 0 radical (unpaired) electrons. The Labute approximate surface area is 218 Å². The Balaban J connectivity index is 2.09. The number of carbonyl (C=O) groups is 2. The maximum Gasteiger partial charge on any atom is 0.333 e. The van der Waals surface area contributed by atoms with Crippen LogP contribution in [0.4, 0.5) is 4.79 Å². The highest BCUT2D eigenvalue weighted by atomic mass is 28.3. The lowest BCUT2D eigenvalue weighted by Crippen LogP contribution is -2.45. The van der Waals surface area contributed by atoms with Crippen molar-refractivity contribution >= 4 is 25.8 Å². The van der Waals surface area contributed by atoms with Crippen LogP contribution in [0.15, 0.2) is 9.59 Å². The van der Waals surface area contributed by atoms with E-state index < -0.39 is 48.2 Å². The number of unbranched alkanes of at least 4 members (excludes halogenated alkanes) is 2. The van der Waals surface area contributed by atoms with E-state index in [-0.39, 0.29) is 32.3 Å². The number of hydrogen-bond acceptors (Lipinski definition) is 7. The number of aromatic hydroxyl groups is 1. The maximum absolute atomic E-state index is 13.0. The second-order valence-electron chi connectivity index (χ2n) is 11.1. The third-order valence-corrected chi connectivity index (χ3v) is 8.24. The molecule has 3 amide bonds. The van der Waals surface area contributed by atoms with Crippen molar-refractivity contribution in [2.75, 3.05) is 19.9 Å². The van der Waals surface area contributed by atoms with Crippen LogP contribution >= 0.6 is 0 Å². The van der Waals surface area contributed by atoms with E-state index in [0.29, 0.717) is 25.9 Å². The Kier molecular flexibility index (Phi) is 9.89. The van der Waals surface area contributed by atoms with Gasteiger partial charge in [-0.15, -0.1) is 0 Å². The average Bonchev–Trinajstić information content (AvgIpc) is 2.94. The molecule has 13 heteroatoms. The summed E-state index contributed by atoms with van der Waals surface area (Å²) in [5.41, 5.74) is 2.62. The number of nitrogen functional groups attached to an aromatic ring is 1. The molecule has 37 heavy (non-hydrogen) atoms. The molecule has 4 N–H and O–H groups in total. The van der Waals surface area contributed by atoms with Crippen molar-refractivity contribution in [3.05, 3.63) is 26.4 Å². The van der Waals surface area contributed by atoms with Gasteiger partial charge in [-0.3, -0.25) is 24.1 Å². The Hall–Kier alpha value is -2.93. The highest BCUT2D eigenvalue weighted by molar-refractivity contribution is 6.76. The van der Waals surface area contributed by atoms with E-state index in [9.17, 15) is 24.3 Å². The molecule has 1 aliphatic heterocycles. The van der Waals surface area contributed by atoms with Crippen LogP contribution in [0.3, 0.4) is 0 Å². The number of urea groups is 1. The van der Waals surface area contributed by atoms with Crippen LogP contribution in [0, 0.1) is 5.41 Å². The van der Waals surface area contributed by atoms with Crippen molar-refractivity contribution in [1.29, 1.82) is 5.41 Å². The van der Waals surface area contributed by atoms with E-state index in [4.69, 9.17) is 15.9 Å². The average molecular weight is 539 g/mol. The standard InChI is InChI=1S/C24H42N6O6Si/c1-7-8-11-27-19(31)17(18(25)26)20(32)28(22(27)34)12-9-10-13-30-23(35)29(21(33)24(30,2)3)16-36-14-15-37(4,5)6/h32H,7-16H2,1-6H3,(H3,25,26). The summed E-state index contributed by atoms with van der Waals surface area (Å²) in [6.45, 7) is 12.8. The molecule has 0 spiro atoms. The minimum absolute atomic E-state index is 0.0529. The number of carbonyl (C=O) groups excluding carboxylic acids is 2. The molecule has 0 aliphatic carbocycles. The van der Waals surface area contributed by atoms with E-state index in [0.717, 1.165) is 26.5 Å². The van der Waals surface area contributed by atoms with Crippen molar-refractivity contribution in [2.24, 2.45) is 5.73 Å². The summed E-state index contributed by atoms with van der Waals surface area (Å²) in [6, 6.07) is 0.509. The van der Waals surface area contributed by atoms with E-state index >= 15 is 0 Å². The number of amidine groups is 1. The molecule has 1 aromatic heterocycles. The summed E-state index contributed by atoms with van der Waals surface area (Å²) in [7, 11) is -1.29. The molecule has 12 nitrogen and oxygen atoms in total. The minimum Gasteiger partial charge on any atom is -0.494 e. The minimum atomic E-state index is -1.29. The number of nitrogens with one attached hydrogen (secondary N) is 1. The molecule has 0 saturated carbocycles. The van der Waals surface area contributed by atoms with Gasteiger partial charge in [0.1, 0.15) is 23.7 Å². The zero-order valence-corrected chi connectivity index (χ0v) is 23.9. The van der Waals surface area contributed by atoms with Gasteiger partial charge in [-0.25, -0.2) is 14.5 Å². The zero-order valence-electron chi connectivity index (χ0n) is 22.9. The molecule has 0 unspecified atom stereocenters. The van der Waals surface area contributed by atoms with Crippen molar-refractivity contribution in [3.63, 3.8) is 0 Å². The fourth-order valence-electron chi connectivity index (χ4n) is 4.12. The number of aromatic nitrogens is 2. The molecule has 1 saturated heterocycles. The predicted molar refractivity (Wildman–Crippen MR) is 144 cm³/mol. The summed E-state index contributed by atoms with van der Waals surface area (Å²) < 4.78 is 7.66. The zero-order chi connectivity index (χ0) is 28.1. The molecule has 0 bridgehead atoms. The molecular formula is C24H42N6O6Si. The first-order valence-corrected chi connectivity index (χ1v) is 16.5. The van der Waals surface area contributed by atoms with Gasteiger partial charge in [0.2, 0.25) is 5.88 Å². The van der Waals surface area contributed by atoms with Gasteiger partial charge in [-0.1, -0.05) is 33.0 Å². The lowest BCUT2D eigenvalue weighted by Gasteiger charge is -2.27. The number of amides is 3. The van der Waals surface area contributed by atoms with Gasteiger partial charge in [0.15, 0.2) is 0 Å². The van der Waals surface area contributed by atoms with Crippen LogP contribution in [-0.4, -0.2) is 75.3 Å². The Morgan fingerprint density at radius 3 is 2.19 bits per heavy atom. The predicted octanol–water partition coefficient (Wildman–Crippen LogP) is 1.94. The van der Waals surface area contributed by atoms with Crippen molar-refractivity contribution in [2.45, 2.75) is 90.8 Å². The van der Waals surface area contributed by atoms with Gasteiger partial charge < -0.3 is 20.5 Å². The number of ether oxygens (including phenoxy) is 1. The fourth-order valence-corrected chi connectivity index (χ4v) is 4.88. The molecule has 0 aromatic carbocycles. The van der Waals surface area contributed by atoms with Gasteiger partial charge >= 0.3 is 11.7 Å². The van der Waals surface area contributed by atoms with Crippen LogP contribution in [-0.2, 0) is 22.6 Å². The summed E-state index contributed by atoms with van der Waals surface area (Å²) in [6.07, 6.45) is 2.14. The van der Waals surface area contributed by atoms with Gasteiger partial charge in [0.25, 0.3) is 11.5 Å². The largest absolute Gasteiger partial charge is 0.494 e. The maximum atomic E-state index is 13.0. The van der Waals surface area contributed by atoms with Crippen LogP contribution in [0.25, 0.3) is 0 Å². The number of rotatable bonds is 14. The highest BCUT2D eigenvalue weighted by Crippen LogP contribution is 2.28. The Morgan fingerprint density at radius 1 is 1.03 bits per heavy atom.